The van der Waals surface area contributed by atoms with Gasteiger partial charge in [0.1, 0.15) is 0 Å². The summed E-state index contributed by atoms with van der Waals surface area (Å²) in [5.41, 5.74) is 1.10. The van der Waals surface area contributed by atoms with Gasteiger partial charge in [0, 0.05) is 13.0 Å². The number of benzene rings is 1. The van der Waals surface area contributed by atoms with Gasteiger partial charge in [-0.05, 0) is 12.0 Å². The summed E-state index contributed by atoms with van der Waals surface area (Å²) in [6.45, 7) is -0.0287. The standard InChI is InChI=1S/C15H22N2O4/c18-9-12-15(21)14(20)11(17-12)8-16-13(19)7-6-10-4-2-1-3-5-10/h1-5,11-12,14-15,17-18,20-21H,6-9H2,(H,16,19)/t11-,12-,14-,15-/m1/s1. The summed E-state index contributed by atoms with van der Waals surface area (Å²) >= 11 is 0. The van der Waals surface area contributed by atoms with E-state index in [4.69, 9.17) is 5.11 Å². The van der Waals surface area contributed by atoms with Gasteiger partial charge >= 0.3 is 0 Å². The first-order valence-corrected chi connectivity index (χ1v) is 7.15. The Morgan fingerprint density at radius 3 is 2.43 bits per heavy atom. The molecule has 1 saturated heterocycles. The fourth-order valence-electron chi connectivity index (χ4n) is 2.50. The third kappa shape index (κ3) is 4.25. The van der Waals surface area contributed by atoms with Crippen LogP contribution in [0.4, 0.5) is 0 Å². The minimum atomic E-state index is -1.01. The summed E-state index contributed by atoms with van der Waals surface area (Å²) in [4.78, 5) is 11.8. The van der Waals surface area contributed by atoms with Crippen LogP contribution in [-0.2, 0) is 11.2 Å². The summed E-state index contributed by atoms with van der Waals surface area (Å²) < 4.78 is 0. The predicted molar refractivity (Wildman–Crippen MR) is 77.6 cm³/mol. The largest absolute Gasteiger partial charge is 0.395 e. The van der Waals surface area contributed by atoms with E-state index < -0.39 is 24.3 Å². The van der Waals surface area contributed by atoms with E-state index in [1.807, 2.05) is 30.3 Å². The molecule has 1 fully saturated rings. The predicted octanol–water partition coefficient (Wildman–Crippen LogP) is -1.21. The number of rotatable bonds is 6. The summed E-state index contributed by atoms with van der Waals surface area (Å²) in [5, 5.41) is 34.1. The van der Waals surface area contributed by atoms with E-state index in [1.165, 1.54) is 0 Å². The number of hydrogen-bond acceptors (Lipinski definition) is 5. The third-order valence-corrected chi connectivity index (χ3v) is 3.80. The highest BCUT2D eigenvalue weighted by atomic mass is 16.3. The fraction of sp³-hybridized carbons (Fsp3) is 0.533. The van der Waals surface area contributed by atoms with Crippen LogP contribution in [0.3, 0.4) is 0 Å². The van der Waals surface area contributed by atoms with Gasteiger partial charge in [0.05, 0.1) is 30.9 Å². The summed E-state index contributed by atoms with van der Waals surface area (Å²) in [7, 11) is 0. The second kappa shape index (κ2) is 7.51. The summed E-state index contributed by atoms with van der Waals surface area (Å²) in [5.74, 6) is -0.102. The molecule has 1 aliphatic heterocycles. The Labute approximate surface area is 123 Å². The van der Waals surface area contributed by atoms with Crippen LogP contribution >= 0.6 is 0 Å². The van der Waals surface area contributed by atoms with Gasteiger partial charge in [0.15, 0.2) is 0 Å². The SMILES string of the molecule is O=C(CCc1ccccc1)NC[C@H]1N[C@H](CO)[C@@H](O)[C@@H]1O. The first-order chi connectivity index (χ1) is 10.1. The van der Waals surface area contributed by atoms with E-state index in [-0.39, 0.29) is 19.1 Å². The molecule has 1 aromatic rings. The van der Waals surface area contributed by atoms with Crippen LogP contribution in [-0.4, -0.2) is 58.7 Å². The number of carbonyl (C=O) groups is 1. The maximum Gasteiger partial charge on any atom is 0.220 e. The molecule has 0 bridgehead atoms. The summed E-state index contributed by atoms with van der Waals surface area (Å²) in [6, 6.07) is 8.74. The highest BCUT2D eigenvalue weighted by Gasteiger charge is 2.40. The average molecular weight is 294 g/mol. The van der Waals surface area contributed by atoms with Gasteiger partial charge in [0.2, 0.25) is 5.91 Å². The molecular formula is C15H22N2O4. The minimum absolute atomic E-state index is 0.102. The lowest BCUT2D eigenvalue weighted by Gasteiger charge is -2.16. The number of aryl methyl sites for hydroxylation is 1. The van der Waals surface area contributed by atoms with E-state index in [9.17, 15) is 15.0 Å². The van der Waals surface area contributed by atoms with E-state index in [2.05, 4.69) is 10.6 Å². The van der Waals surface area contributed by atoms with Gasteiger partial charge in [-0.2, -0.15) is 0 Å². The lowest BCUT2D eigenvalue weighted by Crippen LogP contribution is -2.44. The van der Waals surface area contributed by atoms with Crippen molar-refractivity contribution >= 4 is 5.91 Å². The van der Waals surface area contributed by atoms with Crippen molar-refractivity contribution in [1.29, 1.82) is 0 Å². The zero-order valence-corrected chi connectivity index (χ0v) is 11.8. The molecule has 116 valence electrons. The third-order valence-electron chi connectivity index (χ3n) is 3.80. The van der Waals surface area contributed by atoms with Crippen LogP contribution in [0, 0.1) is 0 Å². The first-order valence-electron chi connectivity index (χ1n) is 7.15. The molecule has 0 unspecified atom stereocenters. The van der Waals surface area contributed by atoms with Crippen molar-refractivity contribution in [2.75, 3.05) is 13.2 Å². The highest BCUT2D eigenvalue weighted by molar-refractivity contribution is 5.76. The molecule has 0 aromatic heterocycles. The molecule has 0 radical (unpaired) electrons. The van der Waals surface area contributed by atoms with Crippen LogP contribution in [0.5, 0.6) is 0 Å². The Morgan fingerprint density at radius 1 is 1.14 bits per heavy atom. The molecule has 0 aliphatic carbocycles. The van der Waals surface area contributed by atoms with Crippen LogP contribution in [0.15, 0.2) is 30.3 Å². The second-order valence-corrected chi connectivity index (χ2v) is 5.33. The van der Waals surface area contributed by atoms with Crippen LogP contribution in [0.2, 0.25) is 0 Å². The van der Waals surface area contributed by atoms with Gasteiger partial charge in [-0.15, -0.1) is 0 Å². The average Bonchev–Trinajstić information content (AvgIpc) is 2.79. The number of aliphatic hydroxyl groups excluding tert-OH is 3. The van der Waals surface area contributed by atoms with Gasteiger partial charge in [-0.1, -0.05) is 30.3 Å². The molecule has 1 amide bonds. The maximum absolute atomic E-state index is 11.8. The molecule has 4 atom stereocenters. The van der Waals surface area contributed by atoms with Crippen molar-refractivity contribution in [2.45, 2.75) is 37.1 Å². The zero-order chi connectivity index (χ0) is 15.2. The Bertz CT molecular complexity index is 454. The number of aliphatic hydroxyl groups is 3. The van der Waals surface area contributed by atoms with Crippen molar-refractivity contribution in [3.63, 3.8) is 0 Å². The van der Waals surface area contributed by atoms with Gasteiger partial charge in [-0.3, -0.25) is 4.79 Å². The Morgan fingerprint density at radius 2 is 1.81 bits per heavy atom. The monoisotopic (exact) mass is 294 g/mol. The zero-order valence-electron chi connectivity index (χ0n) is 11.8. The van der Waals surface area contributed by atoms with E-state index >= 15 is 0 Å². The van der Waals surface area contributed by atoms with Crippen LogP contribution < -0.4 is 10.6 Å². The summed E-state index contributed by atoms with van der Waals surface area (Å²) in [6.07, 6.45) is -0.966. The number of amides is 1. The van der Waals surface area contributed by atoms with Gasteiger partial charge in [0.25, 0.3) is 0 Å². The topological polar surface area (TPSA) is 102 Å². The van der Waals surface area contributed by atoms with Crippen molar-refractivity contribution in [3.05, 3.63) is 35.9 Å². The van der Waals surface area contributed by atoms with E-state index in [0.29, 0.717) is 12.8 Å². The van der Waals surface area contributed by atoms with E-state index in [0.717, 1.165) is 5.56 Å². The Kier molecular flexibility index (Phi) is 5.69. The normalized spacial score (nSPS) is 28.5. The molecule has 6 nitrogen and oxygen atoms in total. The molecule has 21 heavy (non-hydrogen) atoms. The van der Waals surface area contributed by atoms with Crippen LogP contribution in [0.1, 0.15) is 12.0 Å². The lowest BCUT2D eigenvalue weighted by atomic mass is 10.1. The molecular weight excluding hydrogens is 272 g/mol. The molecule has 2 rings (SSSR count). The van der Waals surface area contributed by atoms with Crippen molar-refractivity contribution in [1.82, 2.24) is 10.6 Å². The Balaban J connectivity index is 1.72. The number of hydrogen-bond donors (Lipinski definition) is 5. The molecule has 6 heteroatoms. The van der Waals surface area contributed by atoms with Crippen LogP contribution in [0.25, 0.3) is 0 Å². The molecule has 1 aliphatic rings. The molecule has 0 spiro atoms. The minimum Gasteiger partial charge on any atom is -0.395 e. The Hall–Kier alpha value is -1.47. The molecule has 1 aromatic carbocycles. The number of carbonyl (C=O) groups excluding carboxylic acids is 1. The second-order valence-electron chi connectivity index (χ2n) is 5.33. The van der Waals surface area contributed by atoms with Crippen molar-refractivity contribution in [2.24, 2.45) is 0 Å². The van der Waals surface area contributed by atoms with Gasteiger partial charge < -0.3 is 26.0 Å². The lowest BCUT2D eigenvalue weighted by molar-refractivity contribution is -0.121. The molecule has 0 saturated carbocycles. The van der Waals surface area contributed by atoms with Gasteiger partial charge in [-0.25, -0.2) is 0 Å². The van der Waals surface area contributed by atoms with E-state index in [1.54, 1.807) is 0 Å². The fourth-order valence-corrected chi connectivity index (χ4v) is 2.50. The number of nitrogens with one attached hydrogen (secondary N) is 2. The first kappa shape index (κ1) is 15.9. The maximum atomic E-state index is 11.8. The molecule has 5 N–H and O–H groups in total. The van der Waals surface area contributed by atoms with Crippen molar-refractivity contribution in [3.8, 4) is 0 Å². The smallest absolute Gasteiger partial charge is 0.220 e. The highest BCUT2D eigenvalue weighted by Crippen LogP contribution is 2.13. The quantitative estimate of drug-likeness (QED) is 0.453. The van der Waals surface area contributed by atoms with Crippen molar-refractivity contribution < 1.29 is 20.1 Å². The molecule has 1 heterocycles.